The van der Waals surface area contributed by atoms with Crippen LogP contribution in [0.5, 0.6) is 0 Å². The van der Waals surface area contributed by atoms with Crippen LogP contribution in [0.2, 0.25) is 0 Å². The van der Waals surface area contributed by atoms with E-state index in [0.29, 0.717) is 10.9 Å². The Hall–Kier alpha value is -2.98. The Bertz CT molecular complexity index is 895. The molecule has 1 aliphatic rings. The van der Waals surface area contributed by atoms with E-state index in [1.54, 1.807) is 0 Å². The standard InChI is InChI=1S/C20H18N4/c1-24(14-4-5-15-24)20-11-7-9-18(22-20)16-17-8-6-10-19(21-17)23-12-2-3-13-23/h2-14H,16H2,1H3. The van der Waals surface area contributed by atoms with E-state index in [-0.39, 0.29) is 0 Å². The number of pyridine rings is 2. The van der Waals surface area contributed by atoms with Crippen LogP contribution in [0.3, 0.4) is 0 Å². The van der Waals surface area contributed by atoms with Crippen molar-refractivity contribution in [2.45, 2.75) is 6.42 Å². The normalized spacial score (nSPS) is 19.0. The Morgan fingerprint density at radius 2 is 1.71 bits per heavy atom. The Balaban J connectivity index is 1.61. The quantitative estimate of drug-likeness (QED) is 0.544. The predicted molar refractivity (Wildman–Crippen MR) is 95.3 cm³/mol. The molecule has 0 N–H and O–H groups in total. The molecule has 0 bridgehead atoms. The Labute approximate surface area is 141 Å². The molecule has 1 aliphatic heterocycles. The van der Waals surface area contributed by atoms with Gasteiger partial charge >= 0.3 is 0 Å². The summed E-state index contributed by atoms with van der Waals surface area (Å²) in [6.45, 7) is 0. The summed E-state index contributed by atoms with van der Waals surface area (Å²) in [6, 6.07) is 16.2. The Morgan fingerprint density at radius 1 is 0.958 bits per heavy atom. The molecule has 0 aliphatic carbocycles. The topological polar surface area (TPSA) is 30.7 Å². The minimum Gasteiger partial charge on any atom is -0.315 e. The number of hydrogen-bond donors (Lipinski definition) is 0. The van der Waals surface area contributed by atoms with E-state index in [2.05, 4.69) is 19.4 Å². The second kappa shape index (κ2) is 5.91. The van der Waals surface area contributed by atoms with Crippen molar-refractivity contribution in [1.82, 2.24) is 19.0 Å². The highest BCUT2D eigenvalue weighted by Crippen LogP contribution is 2.23. The van der Waals surface area contributed by atoms with Crippen LogP contribution in [-0.4, -0.2) is 21.6 Å². The lowest BCUT2D eigenvalue weighted by Crippen LogP contribution is -2.32. The molecule has 118 valence electrons. The molecule has 3 aromatic rings. The summed E-state index contributed by atoms with van der Waals surface area (Å²) in [7, 11) is 2.07. The molecule has 0 fully saturated rings. The molecule has 1 unspecified atom stereocenters. The third-order valence-corrected chi connectivity index (χ3v) is 4.11. The minimum atomic E-state index is 0.477. The summed E-state index contributed by atoms with van der Waals surface area (Å²) < 4.78 is 2.49. The number of aromatic nitrogens is 3. The van der Waals surface area contributed by atoms with Gasteiger partial charge in [-0.15, -0.1) is 0 Å². The lowest BCUT2D eigenvalue weighted by atomic mass is 10.2. The molecule has 0 saturated carbocycles. The van der Waals surface area contributed by atoms with Crippen molar-refractivity contribution in [2.75, 3.05) is 7.05 Å². The largest absolute Gasteiger partial charge is 0.315 e. The fraction of sp³-hybridized carbons (Fsp3) is 0.100. The first-order valence-corrected chi connectivity index (χ1v) is 7.94. The zero-order valence-corrected chi connectivity index (χ0v) is 13.5. The minimum absolute atomic E-state index is 0.477. The first kappa shape index (κ1) is 14.6. The molecule has 4 heterocycles. The van der Waals surface area contributed by atoms with Crippen molar-refractivity contribution < 1.29 is 0 Å². The molecule has 0 spiro atoms. The lowest BCUT2D eigenvalue weighted by molar-refractivity contribution is 0.564. The molecule has 4 heteroatoms. The molecule has 0 radical (unpaired) electrons. The summed E-state index contributed by atoms with van der Waals surface area (Å²) in [5, 5.41) is 0. The average Bonchev–Trinajstić information content (AvgIpc) is 3.28. The van der Waals surface area contributed by atoms with E-state index in [0.717, 1.165) is 23.0 Å². The van der Waals surface area contributed by atoms with Gasteiger partial charge in [0, 0.05) is 36.8 Å². The molecule has 24 heavy (non-hydrogen) atoms. The number of hydrogen-bond acceptors (Lipinski definition) is 2. The van der Waals surface area contributed by atoms with Crippen molar-refractivity contribution in [3.05, 3.63) is 96.9 Å². The fourth-order valence-electron chi connectivity index (χ4n) is 2.80. The van der Waals surface area contributed by atoms with E-state index in [4.69, 9.17) is 9.97 Å². The van der Waals surface area contributed by atoms with Crippen LogP contribution in [0.15, 0.2) is 79.3 Å². The lowest BCUT2D eigenvalue weighted by Gasteiger charge is -2.28. The van der Waals surface area contributed by atoms with Crippen molar-refractivity contribution in [2.24, 2.45) is 0 Å². The van der Waals surface area contributed by atoms with Gasteiger partial charge in [0.05, 0.1) is 12.7 Å². The second-order valence-electron chi connectivity index (χ2n) is 5.95. The second-order valence-corrected chi connectivity index (χ2v) is 5.95. The maximum Gasteiger partial charge on any atom is 0.220 e. The predicted octanol–water partition coefficient (Wildman–Crippen LogP) is 3.64. The van der Waals surface area contributed by atoms with E-state index >= 15 is 0 Å². The fourth-order valence-corrected chi connectivity index (χ4v) is 2.80. The molecule has 0 aromatic carbocycles. The molecule has 4 rings (SSSR count). The van der Waals surface area contributed by atoms with Gasteiger partial charge in [0.2, 0.25) is 5.82 Å². The van der Waals surface area contributed by atoms with Gasteiger partial charge in [-0.25, -0.2) is 9.97 Å². The summed E-state index contributed by atoms with van der Waals surface area (Å²) in [5.74, 6) is 1.88. The summed E-state index contributed by atoms with van der Waals surface area (Å²) in [6.07, 6.45) is 14.0. The highest BCUT2D eigenvalue weighted by Gasteiger charge is 2.17. The highest BCUT2D eigenvalue weighted by molar-refractivity contribution is 5.42. The Kier molecular flexibility index (Phi) is 3.59. The van der Waals surface area contributed by atoms with Crippen LogP contribution in [0.25, 0.3) is 5.82 Å². The van der Waals surface area contributed by atoms with Crippen molar-refractivity contribution in [3.8, 4) is 5.82 Å². The molecule has 0 saturated heterocycles. The number of allylic oxidation sites excluding steroid dienone is 2. The van der Waals surface area contributed by atoms with Gasteiger partial charge in [0.15, 0.2) is 0 Å². The zero-order chi connectivity index (χ0) is 16.4. The van der Waals surface area contributed by atoms with Gasteiger partial charge in [-0.3, -0.25) is 0 Å². The molecular formula is C20H18N4. The molecule has 0 amide bonds. The smallest absolute Gasteiger partial charge is 0.220 e. The first-order chi connectivity index (χ1) is 11.7. The summed E-state index contributed by atoms with van der Waals surface area (Å²) >= 11 is 0. The highest BCUT2D eigenvalue weighted by atomic mass is 15.3. The summed E-state index contributed by atoms with van der Waals surface area (Å²) in [5.41, 5.74) is 2.01. The third-order valence-electron chi connectivity index (χ3n) is 4.11. The van der Waals surface area contributed by atoms with Crippen molar-refractivity contribution in [1.29, 1.82) is 0 Å². The van der Waals surface area contributed by atoms with Crippen LogP contribution in [0, 0.1) is 6.20 Å². The van der Waals surface area contributed by atoms with Gasteiger partial charge in [-0.05, 0) is 36.5 Å². The zero-order valence-electron chi connectivity index (χ0n) is 13.5. The number of nitrogens with zero attached hydrogens (tertiary/aromatic N) is 4. The van der Waals surface area contributed by atoms with E-state index in [1.807, 2.05) is 77.6 Å². The van der Waals surface area contributed by atoms with Crippen LogP contribution in [0.4, 0.5) is 5.82 Å². The molecule has 4 nitrogen and oxygen atoms in total. The van der Waals surface area contributed by atoms with E-state index < -0.39 is 0 Å². The average molecular weight is 314 g/mol. The molecule has 3 aromatic heterocycles. The van der Waals surface area contributed by atoms with Crippen molar-refractivity contribution >= 4 is 5.82 Å². The van der Waals surface area contributed by atoms with Gasteiger partial charge in [0.25, 0.3) is 0 Å². The van der Waals surface area contributed by atoms with E-state index in [9.17, 15) is 0 Å². The monoisotopic (exact) mass is 314 g/mol. The first-order valence-electron chi connectivity index (χ1n) is 7.94. The van der Waals surface area contributed by atoms with Gasteiger partial charge < -0.3 is 9.05 Å². The van der Waals surface area contributed by atoms with Gasteiger partial charge in [0.1, 0.15) is 5.82 Å². The van der Waals surface area contributed by atoms with Crippen LogP contribution < -0.4 is 4.48 Å². The van der Waals surface area contributed by atoms with E-state index in [1.165, 1.54) is 0 Å². The number of rotatable bonds is 4. The van der Waals surface area contributed by atoms with Gasteiger partial charge in [-0.1, -0.05) is 12.1 Å². The van der Waals surface area contributed by atoms with Gasteiger partial charge in [-0.2, -0.15) is 12.2 Å². The van der Waals surface area contributed by atoms with Crippen LogP contribution in [-0.2, 0) is 6.42 Å². The maximum atomic E-state index is 4.81. The van der Waals surface area contributed by atoms with Crippen LogP contribution >= 0.6 is 0 Å². The molecular weight excluding hydrogens is 296 g/mol. The SMILES string of the molecule is C[N+]1(c2cccc(Cc3cccc(-n4cccc4)n3)n2)[C-]=CC=C1. The van der Waals surface area contributed by atoms with Crippen LogP contribution in [0.1, 0.15) is 11.4 Å². The van der Waals surface area contributed by atoms with Crippen molar-refractivity contribution in [3.63, 3.8) is 0 Å². The Morgan fingerprint density at radius 3 is 2.46 bits per heavy atom. The number of quaternary nitrogens is 1. The maximum absolute atomic E-state index is 4.81. The summed E-state index contributed by atoms with van der Waals surface area (Å²) in [4.78, 5) is 9.54. The third kappa shape index (κ3) is 2.79. The molecule has 1 atom stereocenters.